The number of carbonyl (C=O) groups is 3. The van der Waals surface area contributed by atoms with Gasteiger partial charge in [0.15, 0.2) is 11.9 Å². The van der Waals surface area contributed by atoms with Crippen molar-refractivity contribution >= 4 is 41.1 Å². The molecule has 3 aromatic carbocycles. The predicted molar refractivity (Wildman–Crippen MR) is 185 cm³/mol. The number of nitrogens with zero attached hydrogens (tertiary/aromatic N) is 4. The zero-order chi connectivity index (χ0) is 35.2. The molecule has 0 saturated carbocycles. The third kappa shape index (κ3) is 8.64. The van der Waals surface area contributed by atoms with Gasteiger partial charge < -0.3 is 14.2 Å². The van der Waals surface area contributed by atoms with Crippen molar-refractivity contribution in [2.45, 2.75) is 63.6 Å². The lowest BCUT2D eigenvalue weighted by atomic mass is 10.0. The molecular weight excluding hydrogens is 652 g/mol. The summed E-state index contributed by atoms with van der Waals surface area (Å²) in [5.74, 6) is -1.23. The van der Waals surface area contributed by atoms with E-state index in [1.165, 1.54) is 30.3 Å². The van der Waals surface area contributed by atoms with Crippen LogP contribution in [-0.4, -0.2) is 64.3 Å². The van der Waals surface area contributed by atoms with Gasteiger partial charge in [0, 0.05) is 16.0 Å². The summed E-state index contributed by atoms with van der Waals surface area (Å²) >= 11 is 7.62. The lowest BCUT2D eigenvalue weighted by molar-refractivity contribution is -0.0827. The number of benzene rings is 3. The van der Waals surface area contributed by atoms with E-state index in [1.807, 2.05) is 39.0 Å². The van der Waals surface area contributed by atoms with Crippen molar-refractivity contribution < 1.29 is 28.6 Å². The SMILES string of the molecule is CCc1ccc(C(=O)N(COC(=O)c2c(Cl)cccc2Sc2nc(OC)cc(OC)n2)N(C(=O)c2cc(C)cc(C)c2)C(C)(C)C)cc1. The molecule has 0 N–H and O–H groups in total. The molecule has 1 heterocycles. The number of ether oxygens (including phenoxy) is 3. The van der Waals surface area contributed by atoms with Crippen LogP contribution in [-0.2, 0) is 11.2 Å². The number of hydrogen-bond donors (Lipinski definition) is 0. The van der Waals surface area contributed by atoms with Crippen molar-refractivity contribution in [2.75, 3.05) is 21.0 Å². The molecule has 0 aliphatic rings. The van der Waals surface area contributed by atoms with Gasteiger partial charge in [-0.15, -0.1) is 0 Å². The minimum Gasteiger partial charge on any atom is -0.481 e. The molecule has 0 bridgehead atoms. The topological polar surface area (TPSA) is 111 Å². The second-order valence-electron chi connectivity index (χ2n) is 11.9. The average molecular weight is 691 g/mol. The largest absolute Gasteiger partial charge is 0.481 e. The van der Waals surface area contributed by atoms with Crippen LogP contribution in [0.5, 0.6) is 11.8 Å². The quantitative estimate of drug-likeness (QED) is 0.0719. The second-order valence-corrected chi connectivity index (χ2v) is 13.3. The Morgan fingerprint density at radius 3 is 1.98 bits per heavy atom. The van der Waals surface area contributed by atoms with E-state index in [9.17, 15) is 14.4 Å². The summed E-state index contributed by atoms with van der Waals surface area (Å²) in [6, 6.07) is 19.0. The summed E-state index contributed by atoms with van der Waals surface area (Å²) in [4.78, 5) is 51.3. The van der Waals surface area contributed by atoms with E-state index in [-0.39, 0.29) is 27.5 Å². The smallest absolute Gasteiger partial charge is 0.342 e. The van der Waals surface area contributed by atoms with Gasteiger partial charge in [0.05, 0.1) is 36.4 Å². The predicted octanol–water partition coefficient (Wildman–Crippen LogP) is 7.59. The summed E-state index contributed by atoms with van der Waals surface area (Å²) in [6.45, 7) is 10.7. The highest BCUT2D eigenvalue weighted by Crippen LogP contribution is 2.34. The Hall–Kier alpha value is -4.61. The molecule has 10 nitrogen and oxygen atoms in total. The van der Waals surface area contributed by atoms with E-state index in [1.54, 1.807) is 63.2 Å². The maximum absolute atomic E-state index is 14.2. The maximum atomic E-state index is 14.2. The number of aromatic nitrogens is 2. The van der Waals surface area contributed by atoms with Crippen LogP contribution in [0.3, 0.4) is 0 Å². The highest BCUT2D eigenvalue weighted by Gasteiger charge is 2.37. The Morgan fingerprint density at radius 2 is 1.44 bits per heavy atom. The molecule has 4 rings (SSSR count). The third-order valence-corrected chi connectivity index (χ3v) is 8.40. The number of rotatable bonds is 10. The molecule has 0 unspecified atom stereocenters. The summed E-state index contributed by atoms with van der Waals surface area (Å²) in [7, 11) is 2.94. The maximum Gasteiger partial charge on any atom is 0.342 e. The fourth-order valence-corrected chi connectivity index (χ4v) is 6.17. The van der Waals surface area contributed by atoms with Crippen LogP contribution in [0, 0.1) is 13.8 Å². The minimum absolute atomic E-state index is 0.0391. The Labute approximate surface area is 290 Å². The molecule has 4 aromatic rings. The molecule has 0 saturated heterocycles. The van der Waals surface area contributed by atoms with E-state index in [0.717, 1.165) is 34.9 Å². The number of aryl methyl sites for hydroxylation is 3. The van der Waals surface area contributed by atoms with Crippen molar-refractivity contribution in [3.05, 3.63) is 105 Å². The van der Waals surface area contributed by atoms with E-state index >= 15 is 0 Å². The fourth-order valence-electron chi connectivity index (χ4n) is 4.95. The highest BCUT2D eigenvalue weighted by atomic mass is 35.5. The fraction of sp³-hybridized carbons (Fsp3) is 0.306. The van der Waals surface area contributed by atoms with Gasteiger partial charge in [-0.25, -0.2) is 14.8 Å². The molecule has 0 fully saturated rings. The molecule has 48 heavy (non-hydrogen) atoms. The Morgan fingerprint density at radius 1 is 0.833 bits per heavy atom. The van der Waals surface area contributed by atoms with E-state index in [0.29, 0.717) is 16.0 Å². The zero-order valence-corrected chi connectivity index (χ0v) is 29.9. The minimum atomic E-state index is -0.908. The monoisotopic (exact) mass is 690 g/mol. The van der Waals surface area contributed by atoms with Crippen LogP contribution in [0.4, 0.5) is 0 Å². The number of halogens is 1. The number of esters is 1. The van der Waals surface area contributed by atoms with Crippen LogP contribution in [0.2, 0.25) is 5.02 Å². The van der Waals surface area contributed by atoms with Gasteiger partial charge in [0.1, 0.15) is 0 Å². The van der Waals surface area contributed by atoms with E-state index in [2.05, 4.69) is 9.97 Å². The summed E-state index contributed by atoms with van der Waals surface area (Å²) in [5.41, 5.74) is 2.69. The molecule has 2 amide bonds. The Bertz CT molecular complexity index is 1770. The van der Waals surface area contributed by atoms with E-state index in [4.69, 9.17) is 25.8 Å². The van der Waals surface area contributed by atoms with Crippen LogP contribution in [0.1, 0.15) is 75.5 Å². The molecule has 0 atom stereocenters. The van der Waals surface area contributed by atoms with Crippen molar-refractivity contribution in [3.63, 3.8) is 0 Å². The number of carbonyl (C=O) groups excluding carboxylic acids is 3. The van der Waals surface area contributed by atoms with Crippen molar-refractivity contribution in [1.29, 1.82) is 0 Å². The lowest BCUT2D eigenvalue weighted by Gasteiger charge is -2.43. The number of hydrogen-bond acceptors (Lipinski definition) is 9. The number of amides is 2. The zero-order valence-electron chi connectivity index (χ0n) is 28.3. The van der Waals surface area contributed by atoms with Crippen molar-refractivity contribution in [2.24, 2.45) is 0 Å². The van der Waals surface area contributed by atoms with Crippen LogP contribution in [0.25, 0.3) is 0 Å². The number of hydrazine groups is 1. The van der Waals surface area contributed by atoms with Gasteiger partial charge in [-0.05, 0) is 94.8 Å². The lowest BCUT2D eigenvalue weighted by Crippen LogP contribution is -2.58. The first kappa shape index (κ1) is 36.2. The van der Waals surface area contributed by atoms with Gasteiger partial charge >= 0.3 is 5.97 Å². The first-order valence-electron chi connectivity index (χ1n) is 15.2. The molecule has 12 heteroatoms. The van der Waals surface area contributed by atoms with Gasteiger partial charge in [-0.3, -0.25) is 9.59 Å². The molecule has 0 aliphatic carbocycles. The van der Waals surface area contributed by atoms with Crippen LogP contribution in [0.15, 0.2) is 76.8 Å². The molecule has 0 spiro atoms. The first-order valence-corrected chi connectivity index (χ1v) is 16.4. The standard InChI is InChI=1S/C36H39ClN4O6S/c1-9-24-13-15-25(16-14-24)32(42)40(41(36(4,5)6)33(43)26-18-22(2)17-23(3)19-26)21-47-34(44)31-27(37)11-10-12-28(31)48-35-38-29(45-7)20-30(39-35)46-8/h10-20H,9,21H2,1-8H3. The van der Waals surface area contributed by atoms with Gasteiger partial charge in [0.25, 0.3) is 11.8 Å². The molecule has 0 aliphatic heterocycles. The molecular formula is C36H39ClN4O6S. The Kier molecular flexibility index (Phi) is 11.7. The Balaban J connectivity index is 1.73. The second kappa shape index (κ2) is 15.5. The average Bonchev–Trinajstić information content (AvgIpc) is 3.04. The third-order valence-electron chi connectivity index (χ3n) is 7.16. The molecule has 1 aromatic heterocycles. The highest BCUT2D eigenvalue weighted by molar-refractivity contribution is 7.99. The first-order chi connectivity index (χ1) is 22.7. The van der Waals surface area contributed by atoms with Gasteiger partial charge in [-0.1, -0.05) is 53.9 Å². The molecule has 0 radical (unpaired) electrons. The summed E-state index contributed by atoms with van der Waals surface area (Å²) < 4.78 is 16.3. The summed E-state index contributed by atoms with van der Waals surface area (Å²) in [6.07, 6.45) is 0.793. The number of methoxy groups -OCH3 is 2. The molecule has 252 valence electrons. The van der Waals surface area contributed by atoms with Crippen molar-refractivity contribution in [3.8, 4) is 11.8 Å². The van der Waals surface area contributed by atoms with E-state index < -0.39 is 30.1 Å². The van der Waals surface area contributed by atoms with Gasteiger partial charge in [0.2, 0.25) is 11.8 Å². The normalized spacial score (nSPS) is 11.1. The van der Waals surface area contributed by atoms with Crippen molar-refractivity contribution in [1.82, 2.24) is 20.0 Å². The van der Waals surface area contributed by atoms with Crippen LogP contribution >= 0.6 is 23.4 Å². The van der Waals surface area contributed by atoms with Gasteiger partial charge in [-0.2, -0.15) is 9.97 Å². The summed E-state index contributed by atoms with van der Waals surface area (Å²) in [5, 5.41) is 2.86. The van der Waals surface area contributed by atoms with Crippen LogP contribution < -0.4 is 9.47 Å².